The fraction of sp³-hybridized carbons (Fsp3) is 1.00. The maximum Gasteiger partial charge on any atom is 0.248 e. The van der Waals surface area contributed by atoms with Crippen LogP contribution in [-0.2, 0) is 0 Å². The van der Waals surface area contributed by atoms with Crippen LogP contribution in [0.4, 0.5) is 8.78 Å². The topological polar surface area (TPSA) is 20.2 Å². The fourth-order valence-corrected chi connectivity index (χ4v) is 2.40. The van der Waals surface area contributed by atoms with Gasteiger partial charge in [-0.05, 0) is 31.6 Å². The normalized spacial score (nSPS) is 32.5. The summed E-state index contributed by atoms with van der Waals surface area (Å²) in [5, 5.41) is 10.1. The van der Waals surface area contributed by atoms with Gasteiger partial charge < -0.3 is 5.11 Å². The Bertz CT molecular complexity index is 189. The molecule has 0 aromatic heterocycles. The summed E-state index contributed by atoms with van der Waals surface area (Å²) in [5.74, 6) is -2.21. The highest BCUT2D eigenvalue weighted by Crippen LogP contribution is 2.47. The van der Waals surface area contributed by atoms with E-state index in [4.69, 9.17) is 0 Å². The van der Waals surface area contributed by atoms with Crippen LogP contribution < -0.4 is 0 Å². The second-order valence-electron chi connectivity index (χ2n) is 4.59. The van der Waals surface area contributed by atoms with Crippen LogP contribution in [0.2, 0.25) is 0 Å². The summed E-state index contributed by atoms with van der Waals surface area (Å²) >= 11 is 0. The number of rotatable bonds is 1. The first-order valence-corrected chi connectivity index (χ1v) is 5.12. The highest BCUT2D eigenvalue weighted by atomic mass is 19.3. The first-order valence-electron chi connectivity index (χ1n) is 5.12. The average Bonchev–Trinajstić information content (AvgIpc) is 1.93. The highest BCUT2D eigenvalue weighted by Gasteiger charge is 2.47. The Morgan fingerprint density at radius 2 is 1.54 bits per heavy atom. The van der Waals surface area contributed by atoms with E-state index in [1.54, 1.807) is 0 Å². The van der Waals surface area contributed by atoms with Gasteiger partial charge in [-0.2, -0.15) is 0 Å². The first kappa shape index (κ1) is 9.38. The summed E-state index contributed by atoms with van der Waals surface area (Å²) < 4.78 is 25.6. The van der Waals surface area contributed by atoms with Gasteiger partial charge in [0.05, 0.1) is 5.60 Å². The van der Waals surface area contributed by atoms with Crippen LogP contribution in [-0.4, -0.2) is 16.6 Å². The van der Waals surface area contributed by atoms with Crippen LogP contribution in [0.15, 0.2) is 0 Å². The minimum absolute atomic E-state index is 0.125. The summed E-state index contributed by atoms with van der Waals surface area (Å²) in [6, 6.07) is 0. The third-order valence-corrected chi connectivity index (χ3v) is 3.71. The fourth-order valence-electron chi connectivity index (χ4n) is 2.40. The van der Waals surface area contributed by atoms with E-state index >= 15 is 0 Å². The van der Waals surface area contributed by atoms with Crippen molar-refractivity contribution in [1.29, 1.82) is 0 Å². The molecule has 0 aromatic carbocycles. The van der Waals surface area contributed by atoms with Crippen molar-refractivity contribution >= 4 is 0 Å². The summed E-state index contributed by atoms with van der Waals surface area (Å²) in [6.07, 6.45) is 3.56. The second-order valence-corrected chi connectivity index (χ2v) is 4.59. The van der Waals surface area contributed by atoms with E-state index in [1.165, 1.54) is 0 Å². The number of halogens is 2. The standard InChI is InChI=1S/C10H16F2O/c11-10(12)6-4-9(13,5-7-10)8-2-1-3-8/h8,13H,1-7H2. The Hall–Kier alpha value is -0.180. The van der Waals surface area contributed by atoms with Gasteiger partial charge in [-0.15, -0.1) is 0 Å². The van der Waals surface area contributed by atoms with Crippen molar-refractivity contribution in [3.05, 3.63) is 0 Å². The number of aliphatic hydroxyl groups is 1. The molecule has 2 rings (SSSR count). The van der Waals surface area contributed by atoms with Gasteiger partial charge in [0.15, 0.2) is 0 Å². The predicted octanol–water partition coefficient (Wildman–Crippen LogP) is 2.73. The lowest BCUT2D eigenvalue weighted by Crippen LogP contribution is -2.46. The Labute approximate surface area is 77.1 Å². The lowest BCUT2D eigenvalue weighted by atomic mass is 9.66. The van der Waals surface area contributed by atoms with E-state index in [2.05, 4.69) is 0 Å². The van der Waals surface area contributed by atoms with Gasteiger partial charge in [-0.3, -0.25) is 0 Å². The lowest BCUT2D eigenvalue weighted by Gasteiger charge is -2.45. The molecule has 2 fully saturated rings. The zero-order valence-electron chi connectivity index (χ0n) is 7.73. The van der Waals surface area contributed by atoms with Crippen LogP contribution in [0.1, 0.15) is 44.9 Å². The highest BCUT2D eigenvalue weighted by molar-refractivity contribution is 4.96. The number of hydrogen-bond donors (Lipinski definition) is 1. The zero-order valence-corrected chi connectivity index (χ0v) is 7.73. The van der Waals surface area contributed by atoms with Gasteiger partial charge in [-0.25, -0.2) is 8.78 Å². The molecule has 0 atom stereocenters. The van der Waals surface area contributed by atoms with E-state index in [9.17, 15) is 13.9 Å². The smallest absolute Gasteiger partial charge is 0.248 e. The molecule has 2 aliphatic rings. The van der Waals surface area contributed by atoms with Crippen LogP contribution in [0, 0.1) is 5.92 Å². The molecule has 0 spiro atoms. The monoisotopic (exact) mass is 190 g/mol. The molecule has 0 amide bonds. The molecule has 2 aliphatic carbocycles. The zero-order chi connectivity index (χ0) is 9.53. The van der Waals surface area contributed by atoms with Crippen molar-refractivity contribution in [3.8, 4) is 0 Å². The maximum atomic E-state index is 12.8. The van der Waals surface area contributed by atoms with Gasteiger partial charge in [0, 0.05) is 12.8 Å². The molecule has 76 valence electrons. The Morgan fingerprint density at radius 3 is 1.92 bits per heavy atom. The van der Waals surface area contributed by atoms with Crippen LogP contribution in [0.3, 0.4) is 0 Å². The molecule has 2 saturated carbocycles. The van der Waals surface area contributed by atoms with Crippen molar-refractivity contribution in [2.45, 2.75) is 56.5 Å². The number of hydrogen-bond acceptors (Lipinski definition) is 1. The minimum Gasteiger partial charge on any atom is -0.390 e. The molecular weight excluding hydrogens is 174 g/mol. The predicted molar refractivity (Wildman–Crippen MR) is 45.7 cm³/mol. The van der Waals surface area contributed by atoms with E-state index in [1.807, 2.05) is 0 Å². The Balaban J connectivity index is 1.95. The number of alkyl halides is 2. The molecule has 0 bridgehead atoms. The molecule has 1 nitrogen and oxygen atoms in total. The van der Waals surface area contributed by atoms with Crippen molar-refractivity contribution in [3.63, 3.8) is 0 Å². The van der Waals surface area contributed by atoms with E-state index in [0.29, 0.717) is 18.8 Å². The van der Waals surface area contributed by atoms with Crippen molar-refractivity contribution in [1.82, 2.24) is 0 Å². The van der Waals surface area contributed by atoms with Crippen LogP contribution in [0.5, 0.6) is 0 Å². The van der Waals surface area contributed by atoms with Gasteiger partial charge in [0.1, 0.15) is 0 Å². The molecule has 0 aromatic rings. The van der Waals surface area contributed by atoms with Gasteiger partial charge in [-0.1, -0.05) is 6.42 Å². The van der Waals surface area contributed by atoms with E-state index < -0.39 is 11.5 Å². The average molecular weight is 190 g/mol. The van der Waals surface area contributed by atoms with Crippen LogP contribution >= 0.6 is 0 Å². The van der Waals surface area contributed by atoms with E-state index in [-0.39, 0.29) is 12.8 Å². The van der Waals surface area contributed by atoms with Crippen molar-refractivity contribution in [2.75, 3.05) is 0 Å². The first-order chi connectivity index (χ1) is 6.02. The minimum atomic E-state index is -2.52. The Morgan fingerprint density at radius 1 is 1.00 bits per heavy atom. The van der Waals surface area contributed by atoms with Crippen molar-refractivity contribution < 1.29 is 13.9 Å². The quantitative estimate of drug-likeness (QED) is 0.674. The lowest BCUT2D eigenvalue weighted by molar-refractivity contribution is -0.139. The van der Waals surface area contributed by atoms with E-state index in [0.717, 1.165) is 19.3 Å². The summed E-state index contributed by atoms with van der Waals surface area (Å²) in [7, 11) is 0. The molecule has 0 heterocycles. The molecule has 0 unspecified atom stereocenters. The summed E-state index contributed by atoms with van der Waals surface area (Å²) in [6.45, 7) is 0. The molecule has 0 aliphatic heterocycles. The van der Waals surface area contributed by atoms with Crippen LogP contribution in [0.25, 0.3) is 0 Å². The molecule has 0 saturated heterocycles. The van der Waals surface area contributed by atoms with Gasteiger partial charge in [0.25, 0.3) is 0 Å². The largest absolute Gasteiger partial charge is 0.390 e. The summed E-state index contributed by atoms with van der Waals surface area (Å²) in [4.78, 5) is 0. The third kappa shape index (κ3) is 1.71. The SMILES string of the molecule is OC1(C2CCC2)CCC(F)(F)CC1. The van der Waals surface area contributed by atoms with Gasteiger partial charge >= 0.3 is 0 Å². The third-order valence-electron chi connectivity index (χ3n) is 3.71. The molecule has 3 heteroatoms. The summed E-state index contributed by atoms with van der Waals surface area (Å²) in [5.41, 5.74) is -0.750. The maximum absolute atomic E-state index is 12.8. The molecule has 1 N–H and O–H groups in total. The van der Waals surface area contributed by atoms with Gasteiger partial charge in [0.2, 0.25) is 5.92 Å². The second kappa shape index (κ2) is 2.91. The molecule has 0 radical (unpaired) electrons. The molecule has 13 heavy (non-hydrogen) atoms. The molecular formula is C10H16F2O. The Kier molecular flexibility index (Phi) is 2.10. The van der Waals surface area contributed by atoms with Crippen molar-refractivity contribution in [2.24, 2.45) is 5.92 Å².